The number of nitrogens with two attached hydrogens (primary N) is 1. The van der Waals surface area contributed by atoms with Crippen molar-refractivity contribution in [2.45, 2.75) is 6.42 Å². The SMILES string of the molecule is CN1COc2c(N3CCC(CN)C3)c(F)cc3c(=O)ccn1c23. The zero-order chi connectivity index (χ0) is 16.1. The van der Waals surface area contributed by atoms with E-state index in [1.54, 1.807) is 6.20 Å². The van der Waals surface area contributed by atoms with Crippen LogP contribution >= 0.6 is 0 Å². The number of aromatic nitrogens is 1. The first-order valence-electron chi connectivity index (χ1n) is 7.77. The molecular weight excluding hydrogens is 299 g/mol. The maximum absolute atomic E-state index is 14.8. The molecular formula is C16H19FN4O2. The maximum atomic E-state index is 14.8. The van der Waals surface area contributed by atoms with Gasteiger partial charge < -0.3 is 15.4 Å². The van der Waals surface area contributed by atoms with E-state index in [1.807, 2.05) is 21.6 Å². The molecule has 0 saturated carbocycles. The average Bonchev–Trinajstić information content (AvgIpc) is 3.01. The first-order valence-corrected chi connectivity index (χ1v) is 7.77. The van der Waals surface area contributed by atoms with E-state index < -0.39 is 5.82 Å². The van der Waals surface area contributed by atoms with Gasteiger partial charge in [-0.3, -0.25) is 14.5 Å². The van der Waals surface area contributed by atoms with Gasteiger partial charge in [-0.05, 0) is 24.9 Å². The Morgan fingerprint density at radius 3 is 3.04 bits per heavy atom. The number of ether oxygens (including phenoxy) is 1. The second kappa shape index (κ2) is 5.13. The molecule has 0 spiro atoms. The lowest BCUT2D eigenvalue weighted by Crippen LogP contribution is -2.39. The molecule has 2 N–H and O–H groups in total. The Morgan fingerprint density at radius 2 is 2.30 bits per heavy atom. The van der Waals surface area contributed by atoms with Gasteiger partial charge in [0, 0.05) is 32.4 Å². The summed E-state index contributed by atoms with van der Waals surface area (Å²) in [6.07, 6.45) is 2.64. The van der Waals surface area contributed by atoms with Gasteiger partial charge in [0.1, 0.15) is 11.2 Å². The second-order valence-corrected chi connectivity index (χ2v) is 6.22. The van der Waals surface area contributed by atoms with E-state index in [1.165, 1.54) is 12.1 Å². The van der Waals surface area contributed by atoms with Crippen molar-refractivity contribution in [1.82, 2.24) is 4.68 Å². The molecule has 7 heteroatoms. The van der Waals surface area contributed by atoms with Gasteiger partial charge in [0.15, 0.2) is 23.7 Å². The Bertz CT molecular complexity index is 835. The van der Waals surface area contributed by atoms with Gasteiger partial charge in [0.2, 0.25) is 0 Å². The third-order valence-corrected chi connectivity index (χ3v) is 4.74. The van der Waals surface area contributed by atoms with E-state index in [9.17, 15) is 9.18 Å². The number of anilines is 1. The predicted molar refractivity (Wildman–Crippen MR) is 87.2 cm³/mol. The van der Waals surface area contributed by atoms with Gasteiger partial charge in [-0.25, -0.2) is 4.39 Å². The molecule has 0 radical (unpaired) electrons. The summed E-state index contributed by atoms with van der Waals surface area (Å²) in [5, 5.41) is 2.17. The Labute approximate surface area is 132 Å². The quantitative estimate of drug-likeness (QED) is 0.889. The lowest BCUT2D eigenvalue weighted by atomic mass is 10.1. The molecule has 1 unspecified atom stereocenters. The summed E-state index contributed by atoms with van der Waals surface area (Å²) in [5.41, 5.74) is 6.61. The largest absolute Gasteiger partial charge is 0.467 e. The third-order valence-electron chi connectivity index (χ3n) is 4.74. The van der Waals surface area contributed by atoms with Crippen LogP contribution in [0.3, 0.4) is 0 Å². The molecule has 3 heterocycles. The van der Waals surface area contributed by atoms with Crippen LogP contribution in [0.5, 0.6) is 5.75 Å². The van der Waals surface area contributed by atoms with Crippen LogP contribution in [0.2, 0.25) is 0 Å². The molecule has 2 aromatic rings. The van der Waals surface area contributed by atoms with Crippen LogP contribution in [0.4, 0.5) is 10.1 Å². The minimum atomic E-state index is -0.412. The van der Waals surface area contributed by atoms with E-state index in [0.717, 1.165) is 13.0 Å². The van der Waals surface area contributed by atoms with E-state index in [2.05, 4.69) is 0 Å². The van der Waals surface area contributed by atoms with Gasteiger partial charge >= 0.3 is 0 Å². The van der Waals surface area contributed by atoms with Crippen LogP contribution in [0, 0.1) is 11.7 Å². The van der Waals surface area contributed by atoms with Gasteiger partial charge in [0.25, 0.3) is 0 Å². The fourth-order valence-corrected chi connectivity index (χ4v) is 3.49. The van der Waals surface area contributed by atoms with E-state index in [4.69, 9.17) is 10.5 Å². The standard InChI is InChI=1S/C16H19FN4O2/c1-19-9-23-16-14-11(13(22)3-5-21(14)19)6-12(17)15(16)20-4-2-10(7-18)8-20/h3,5-6,10H,2,4,7-9,18H2,1H3. The van der Waals surface area contributed by atoms with Crippen molar-refractivity contribution in [3.8, 4) is 5.75 Å². The van der Waals surface area contributed by atoms with Crippen molar-refractivity contribution >= 4 is 16.6 Å². The summed E-state index contributed by atoms with van der Waals surface area (Å²) in [6, 6.07) is 2.78. The highest BCUT2D eigenvalue weighted by Crippen LogP contribution is 2.41. The fourth-order valence-electron chi connectivity index (χ4n) is 3.49. The lowest BCUT2D eigenvalue weighted by Gasteiger charge is -2.33. The van der Waals surface area contributed by atoms with E-state index in [0.29, 0.717) is 48.1 Å². The van der Waals surface area contributed by atoms with E-state index >= 15 is 0 Å². The highest BCUT2D eigenvalue weighted by atomic mass is 19.1. The first-order chi connectivity index (χ1) is 11.1. The summed E-state index contributed by atoms with van der Waals surface area (Å²) in [7, 11) is 1.86. The van der Waals surface area contributed by atoms with Crippen LogP contribution in [0.1, 0.15) is 6.42 Å². The predicted octanol–water partition coefficient (Wildman–Crippen LogP) is 0.843. The summed E-state index contributed by atoms with van der Waals surface area (Å²) in [6.45, 7) is 2.35. The van der Waals surface area contributed by atoms with Gasteiger partial charge in [-0.2, -0.15) is 0 Å². The normalized spacial score (nSPS) is 20.2. The smallest absolute Gasteiger partial charge is 0.189 e. The number of pyridine rings is 1. The van der Waals surface area contributed by atoms with Crippen molar-refractivity contribution in [2.75, 3.05) is 43.3 Å². The maximum Gasteiger partial charge on any atom is 0.189 e. The molecule has 1 fully saturated rings. The minimum absolute atomic E-state index is 0.205. The molecule has 1 saturated heterocycles. The molecule has 1 aromatic heterocycles. The monoisotopic (exact) mass is 318 g/mol. The van der Waals surface area contributed by atoms with Crippen molar-refractivity contribution in [3.63, 3.8) is 0 Å². The van der Waals surface area contributed by atoms with Crippen LogP contribution in [-0.4, -0.2) is 38.1 Å². The van der Waals surface area contributed by atoms with Crippen LogP contribution < -0.4 is 25.8 Å². The van der Waals surface area contributed by atoms with Gasteiger partial charge in [-0.15, -0.1) is 0 Å². The number of halogens is 1. The Morgan fingerprint density at radius 1 is 1.48 bits per heavy atom. The number of rotatable bonds is 2. The molecule has 1 aromatic carbocycles. The lowest BCUT2D eigenvalue weighted by molar-refractivity contribution is 0.278. The summed E-state index contributed by atoms with van der Waals surface area (Å²) >= 11 is 0. The molecule has 4 rings (SSSR count). The van der Waals surface area contributed by atoms with E-state index in [-0.39, 0.29) is 5.43 Å². The van der Waals surface area contributed by atoms with Crippen molar-refractivity contribution in [1.29, 1.82) is 0 Å². The topological polar surface area (TPSA) is 63.7 Å². The van der Waals surface area contributed by atoms with Gasteiger partial charge in [-0.1, -0.05) is 0 Å². The number of hydrogen-bond acceptors (Lipinski definition) is 5. The molecule has 0 amide bonds. The Kier molecular flexibility index (Phi) is 3.19. The summed E-state index contributed by atoms with van der Waals surface area (Å²) < 4.78 is 22.4. The van der Waals surface area contributed by atoms with Crippen LogP contribution in [0.15, 0.2) is 23.1 Å². The number of benzene rings is 1. The fraction of sp³-hybridized carbons (Fsp3) is 0.438. The average molecular weight is 318 g/mol. The number of hydrogen-bond donors (Lipinski definition) is 1. The second-order valence-electron chi connectivity index (χ2n) is 6.22. The zero-order valence-electron chi connectivity index (χ0n) is 13.0. The highest BCUT2D eigenvalue weighted by molar-refractivity contribution is 5.92. The van der Waals surface area contributed by atoms with Gasteiger partial charge in [0.05, 0.1) is 5.39 Å². The Balaban J connectivity index is 1.97. The third kappa shape index (κ3) is 2.07. The molecule has 0 aliphatic carbocycles. The molecule has 2 aliphatic heterocycles. The summed E-state index contributed by atoms with van der Waals surface area (Å²) in [5.74, 6) is 0.402. The first kappa shape index (κ1) is 14.3. The molecule has 23 heavy (non-hydrogen) atoms. The Hall–Kier alpha value is -2.28. The molecule has 6 nitrogen and oxygen atoms in total. The molecule has 0 bridgehead atoms. The molecule has 122 valence electrons. The van der Waals surface area contributed by atoms with Crippen molar-refractivity contribution < 1.29 is 9.13 Å². The van der Waals surface area contributed by atoms with Crippen LogP contribution in [0.25, 0.3) is 10.9 Å². The summed E-state index contributed by atoms with van der Waals surface area (Å²) in [4.78, 5) is 14.1. The molecule has 1 atom stereocenters. The zero-order valence-corrected chi connectivity index (χ0v) is 13.0. The van der Waals surface area contributed by atoms with Crippen molar-refractivity contribution in [3.05, 3.63) is 34.4 Å². The number of nitrogens with zero attached hydrogens (tertiary/aromatic N) is 3. The molecule has 2 aliphatic rings. The van der Waals surface area contributed by atoms with Crippen molar-refractivity contribution in [2.24, 2.45) is 11.7 Å². The van der Waals surface area contributed by atoms with Crippen LogP contribution in [-0.2, 0) is 0 Å². The minimum Gasteiger partial charge on any atom is -0.467 e. The highest BCUT2D eigenvalue weighted by Gasteiger charge is 2.30.